The predicted octanol–water partition coefficient (Wildman–Crippen LogP) is 7.11. The molecule has 29 heavy (non-hydrogen) atoms. The third-order valence-electron chi connectivity index (χ3n) is 4.06. The molecule has 0 aliphatic heterocycles. The van der Waals surface area contributed by atoms with Gasteiger partial charge < -0.3 is 4.42 Å². The van der Waals surface area contributed by atoms with Crippen molar-refractivity contribution in [2.45, 2.75) is 0 Å². The van der Waals surface area contributed by atoms with Crippen molar-refractivity contribution < 1.29 is 9.34 Å². The quantitative estimate of drug-likeness (QED) is 0.190. The number of aromatic nitrogens is 1. The predicted molar refractivity (Wildman–Crippen MR) is 115 cm³/mol. The monoisotopic (exact) mass is 445 g/mol. The molecule has 1 heterocycles. The Hall–Kier alpha value is -2.93. The molecular formula is C20H10Cl3N3O3. The number of rotatable bonds is 4. The molecule has 9 heteroatoms. The van der Waals surface area contributed by atoms with E-state index in [2.05, 4.69) is 9.98 Å². The van der Waals surface area contributed by atoms with Crippen molar-refractivity contribution in [1.29, 1.82) is 0 Å². The van der Waals surface area contributed by atoms with E-state index < -0.39 is 4.92 Å². The van der Waals surface area contributed by atoms with Gasteiger partial charge in [0.25, 0.3) is 5.69 Å². The fraction of sp³-hybridized carbons (Fsp3) is 0. The average Bonchev–Trinajstić information content (AvgIpc) is 3.12. The molecule has 0 aliphatic carbocycles. The molecule has 0 spiro atoms. The first-order valence-corrected chi connectivity index (χ1v) is 9.38. The van der Waals surface area contributed by atoms with Crippen molar-refractivity contribution in [3.05, 3.63) is 85.3 Å². The number of nitro benzene ring substituents is 1. The lowest BCUT2D eigenvalue weighted by Crippen LogP contribution is -1.91. The van der Waals surface area contributed by atoms with Crippen LogP contribution in [0, 0.1) is 10.1 Å². The molecule has 0 saturated heterocycles. The second-order valence-electron chi connectivity index (χ2n) is 6.02. The van der Waals surface area contributed by atoms with Crippen LogP contribution in [-0.2, 0) is 0 Å². The maximum atomic E-state index is 11.0. The van der Waals surface area contributed by atoms with Gasteiger partial charge in [0, 0.05) is 17.3 Å². The van der Waals surface area contributed by atoms with Gasteiger partial charge in [-0.05, 0) is 48.0 Å². The minimum absolute atomic E-state index is 0.0726. The molecule has 0 unspecified atom stereocenters. The first kappa shape index (κ1) is 19.4. The van der Waals surface area contributed by atoms with E-state index in [4.69, 9.17) is 39.2 Å². The Balaban J connectivity index is 1.66. The number of nitrogens with zero attached hydrogens (tertiary/aromatic N) is 3. The smallest absolute Gasteiger partial charge is 0.288 e. The van der Waals surface area contributed by atoms with Crippen LogP contribution < -0.4 is 0 Å². The molecular weight excluding hydrogens is 437 g/mol. The highest BCUT2D eigenvalue weighted by atomic mass is 35.5. The zero-order chi connectivity index (χ0) is 20.5. The average molecular weight is 447 g/mol. The zero-order valence-corrected chi connectivity index (χ0v) is 16.7. The number of nitro groups is 1. The van der Waals surface area contributed by atoms with Crippen molar-refractivity contribution in [2.24, 2.45) is 4.99 Å². The molecule has 1 aromatic heterocycles. The number of halogens is 3. The Morgan fingerprint density at radius 2 is 1.79 bits per heavy atom. The summed E-state index contributed by atoms with van der Waals surface area (Å²) in [6, 6.07) is 14.7. The zero-order valence-electron chi connectivity index (χ0n) is 14.5. The topological polar surface area (TPSA) is 81.5 Å². The molecule has 4 aromatic rings. The van der Waals surface area contributed by atoms with Gasteiger partial charge in [0.15, 0.2) is 5.58 Å². The number of aliphatic imine (C=N–C) groups is 1. The van der Waals surface area contributed by atoms with Crippen LogP contribution in [-0.4, -0.2) is 16.1 Å². The first-order valence-electron chi connectivity index (χ1n) is 8.25. The van der Waals surface area contributed by atoms with Crippen LogP contribution in [0.2, 0.25) is 15.1 Å². The van der Waals surface area contributed by atoms with E-state index in [1.54, 1.807) is 42.5 Å². The fourth-order valence-corrected chi connectivity index (χ4v) is 3.23. The Kier molecular flexibility index (Phi) is 5.24. The molecule has 0 fully saturated rings. The van der Waals surface area contributed by atoms with Crippen LogP contribution in [0.25, 0.3) is 22.6 Å². The van der Waals surface area contributed by atoms with E-state index in [1.807, 2.05) is 0 Å². The summed E-state index contributed by atoms with van der Waals surface area (Å²) in [6.07, 6.45) is 1.51. The van der Waals surface area contributed by atoms with Gasteiger partial charge in [0.05, 0.1) is 21.2 Å². The van der Waals surface area contributed by atoms with Gasteiger partial charge in [-0.15, -0.1) is 0 Å². The third kappa shape index (κ3) is 4.10. The second kappa shape index (κ2) is 7.83. The van der Waals surface area contributed by atoms with Gasteiger partial charge in [-0.1, -0.05) is 40.9 Å². The highest BCUT2D eigenvalue weighted by Gasteiger charge is 2.13. The van der Waals surface area contributed by atoms with E-state index >= 15 is 0 Å². The fourth-order valence-electron chi connectivity index (χ4n) is 2.67. The number of benzene rings is 3. The lowest BCUT2D eigenvalue weighted by molar-refractivity contribution is -0.384. The van der Waals surface area contributed by atoms with Crippen molar-refractivity contribution in [3.8, 4) is 11.5 Å². The van der Waals surface area contributed by atoms with Gasteiger partial charge in [-0.25, -0.2) is 4.98 Å². The van der Waals surface area contributed by atoms with Gasteiger partial charge in [-0.2, -0.15) is 0 Å². The van der Waals surface area contributed by atoms with Crippen molar-refractivity contribution in [2.75, 3.05) is 0 Å². The minimum Gasteiger partial charge on any atom is -0.436 e. The molecule has 6 nitrogen and oxygen atoms in total. The molecule has 0 saturated carbocycles. The third-order valence-corrected chi connectivity index (χ3v) is 4.94. The summed E-state index contributed by atoms with van der Waals surface area (Å²) in [5.74, 6) is 0.349. The van der Waals surface area contributed by atoms with E-state index in [1.165, 1.54) is 18.3 Å². The number of fused-ring (bicyclic) bond motifs is 1. The van der Waals surface area contributed by atoms with Gasteiger partial charge in [0.2, 0.25) is 5.89 Å². The number of hydrogen-bond donors (Lipinski definition) is 0. The van der Waals surface area contributed by atoms with Crippen molar-refractivity contribution in [3.63, 3.8) is 0 Å². The maximum Gasteiger partial charge on any atom is 0.288 e. The highest BCUT2D eigenvalue weighted by Crippen LogP contribution is 2.33. The van der Waals surface area contributed by atoms with Crippen LogP contribution in [0.3, 0.4) is 0 Å². The summed E-state index contributed by atoms with van der Waals surface area (Å²) in [6.45, 7) is 0. The SMILES string of the molecule is O=[N+]([O-])c1cc(C=Nc2ccc3oc(-c4cc(Cl)ccc4Cl)nc3c2)ccc1Cl. The van der Waals surface area contributed by atoms with E-state index in [0.29, 0.717) is 43.9 Å². The van der Waals surface area contributed by atoms with E-state index in [0.717, 1.165) is 0 Å². The van der Waals surface area contributed by atoms with Gasteiger partial charge >= 0.3 is 0 Å². The minimum atomic E-state index is -0.538. The highest BCUT2D eigenvalue weighted by molar-refractivity contribution is 6.35. The Labute approximate surface area is 179 Å². The molecule has 0 atom stereocenters. The molecule has 0 amide bonds. The van der Waals surface area contributed by atoms with Crippen LogP contribution in [0.4, 0.5) is 11.4 Å². The summed E-state index contributed by atoms with van der Waals surface area (Å²) >= 11 is 18.1. The largest absolute Gasteiger partial charge is 0.436 e. The van der Waals surface area contributed by atoms with E-state index in [9.17, 15) is 10.1 Å². The molecule has 0 bridgehead atoms. The Bertz CT molecular complexity index is 1280. The molecule has 0 N–H and O–H groups in total. The lowest BCUT2D eigenvalue weighted by Gasteiger charge is -1.99. The van der Waals surface area contributed by atoms with Crippen LogP contribution in [0.5, 0.6) is 0 Å². The number of oxazole rings is 1. The Morgan fingerprint density at radius 1 is 1.00 bits per heavy atom. The molecule has 0 radical (unpaired) electrons. The molecule has 144 valence electrons. The molecule has 3 aromatic carbocycles. The summed E-state index contributed by atoms with van der Waals surface area (Å²) in [4.78, 5) is 19.3. The normalized spacial score (nSPS) is 11.4. The van der Waals surface area contributed by atoms with Crippen LogP contribution in [0.1, 0.15) is 5.56 Å². The standard InChI is InChI=1S/C20H10Cl3N3O3/c21-12-2-5-15(22)14(8-12)20-25-17-9-13(3-6-19(17)29-20)24-10-11-1-4-16(23)18(7-11)26(27)28/h1-10H. The summed E-state index contributed by atoms with van der Waals surface area (Å²) in [5, 5.41) is 12.1. The van der Waals surface area contributed by atoms with Crippen LogP contribution >= 0.6 is 34.8 Å². The molecule has 0 aliphatic rings. The molecule has 4 rings (SSSR count). The number of hydrogen-bond acceptors (Lipinski definition) is 5. The van der Waals surface area contributed by atoms with Crippen molar-refractivity contribution in [1.82, 2.24) is 4.98 Å². The second-order valence-corrected chi connectivity index (χ2v) is 7.27. The summed E-state index contributed by atoms with van der Waals surface area (Å²) in [5.41, 5.74) is 2.73. The van der Waals surface area contributed by atoms with Gasteiger partial charge in [0.1, 0.15) is 10.5 Å². The summed E-state index contributed by atoms with van der Waals surface area (Å²) < 4.78 is 5.77. The van der Waals surface area contributed by atoms with Crippen molar-refractivity contribution >= 4 is 63.5 Å². The van der Waals surface area contributed by atoms with E-state index in [-0.39, 0.29) is 10.7 Å². The lowest BCUT2D eigenvalue weighted by atomic mass is 10.2. The van der Waals surface area contributed by atoms with Gasteiger partial charge in [-0.3, -0.25) is 15.1 Å². The van der Waals surface area contributed by atoms with Crippen LogP contribution in [0.15, 0.2) is 64.0 Å². The summed E-state index contributed by atoms with van der Waals surface area (Å²) in [7, 11) is 0. The Morgan fingerprint density at radius 3 is 2.59 bits per heavy atom. The maximum absolute atomic E-state index is 11.0. The first-order chi connectivity index (χ1) is 13.9.